The lowest BCUT2D eigenvalue weighted by molar-refractivity contribution is 0.368. The molecule has 0 spiro atoms. The molecule has 0 atom stereocenters. The van der Waals surface area contributed by atoms with Crippen LogP contribution in [-0.2, 0) is 0 Å². The van der Waals surface area contributed by atoms with Gasteiger partial charge in [-0.1, -0.05) is 23.8 Å². The van der Waals surface area contributed by atoms with Gasteiger partial charge in [0.25, 0.3) is 0 Å². The van der Waals surface area contributed by atoms with Crippen molar-refractivity contribution in [3.63, 3.8) is 0 Å². The number of nitrogens with one attached hydrogen (secondary N) is 1. The lowest BCUT2D eigenvalue weighted by Crippen LogP contribution is -2.08. The minimum absolute atomic E-state index is 0.0912. The lowest BCUT2D eigenvalue weighted by Gasteiger charge is -2.03. The van der Waals surface area contributed by atoms with Gasteiger partial charge in [0.15, 0.2) is 6.61 Å². The van der Waals surface area contributed by atoms with Crippen LogP contribution in [0.3, 0.4) is 0 Å². The standard InChI is InChI=1S/C13H16N2O/c1-11(10-15-2)9-12-3-5-13(6-4-12)16-8-7-14/h3-6,9,15H,8,10H2,1-2H3. The summed E-state index contributed by atoms with van der Waals surface area (Å²) in [4.78, 5) is 0. The van der Waals surface area contributed by atoms with Gasteiger partial charge >= 0.3 is 0 Å². The van der Waals surface area contributed by atoms with Gasteiger partial charge in [-0.05, 0) is 31.7 Å². The Hall–Kier alpha value is -1.79. The van der Waals surface area contributed by atoms with Crippen LogP contribution in [0.4, 0.5) is 0 Å². The van der Waals surface area contributed by atoms with Crippen molar-refractivity contribution in [2.75, 3.05) is 20.2 Å². The van der Waals surface area contributed by atoms with Gasteiger partial charge in [0, 0.05) is 6.54 Å². The van der Waals surface area contributed by atoms with Crippen LogP contribution in [0.2, 0.25) is 0 Å². The summed E-state index contributed by atoms with van der Waals surface area (Å²) in [5.74, 6) is 0.727. The van der Waals surface area contributed by atoms with Crippen LogP contribution in [0.25, 0.3) is 6.08 Å². The zero-order chi connectivity index (χ0) is 11.8. The van der Waals surface area contributed by atoms with Crippen molar-refractivity contribution in [2.45, 2.75) is 6.92 Å². The number of nitrogens with zero attached hydrogens (tertiary/aromatic N) is 1. The van der Waals surface area contributed by atoms with Crippen LogP contribution in [0.15, 0.2) is 29.8 Å². The van der Waals surface area contributed by atoms with E-state index in [0.29, 0.717) is 0 Å². The third-order valence-corrected chi connectivity index (χ3v) is 2.05. The zero-order valence-corrected chi connectivity index (χ0v) is 9.66. The van der Waals surface area contributed by atoms with E-state index in [2.05, 4.69) is 18.3 Å². The Balaban J connectivity index is 2.64. The second kappa shape index (κ2) is 6.65. The summed E-state index contributed by atoms with van der Waals surface area (Å²) in [6.07, 6.45) is 2.12. The van der Waals surface area contributed by atoms with Crippen molar-refractivity contribution in [1.29, 1.82) is 5.26 Å². The first-order valence-corrected chi connectivity index (χ1v) is 5.18. The van der Waals surface area contributed by atoms with E-state index in [-0.39, 0.29) is 6.61 Å². The van der Waals surface area contributed by atoms with E-state index in [9.17, 15) is 0 Å². The molecule has 0 aliphatic rings. The SMILES string of the molecule is CNCC(C)=Cc1ccc(OCC#N)cc1. The summed E-state index contributed by atoms with van der Waals surface area (Å²) in [5.41, 5.74) is 2.41. The highest BCUT2D eigenvalue weighted by Gasteiger charge is 1.94. The summed E-state index contributed by atoms with van der Waals surface area (Å²) in [5, 5.41) is 11.5. The largest absolute Gasteiger partial charge is 0.479 e. The number of benzene rings is 1. The minimum atomic E-state index is 0.0912. The van der Waals surface area contributed by atoms with E-state index in [0.717, 1.165) is 17.9 Å². The second-order valence-corrected chi connectivity index (χ2v) is 3.54. The van der Waals surface area contributed by atoms with E-state index in [4.69, 9.17) is 10.00 Å². The van der Waals surface area contributed by atoms with Gasteiger partial charge in [-0.25, -0.2) is 0 Å². The second-order valence-electron chi connectivity index (χ2n) is 3.54. The van der Waals surface area contributed by atoms with Crippen LogP contribution >= 0.6 is 0 Å². The highest BCUT2D eigenvalue weighted by atomic mass is 16.5. The number of likely N-dealkylation sites (N-methyl/N-ethyl adjacent to an activating group) is 1. The van der Waals surface area contributed by atoms with Crippen LogP contribution < -0.4 is 10.1 Å². The molecule has 16 heavy (non-hydrogen) atoms. The van der Waals surface area contributed by atoms with E-state index >= 15 is 0 Å². The molecule has 0 aromatic heterocycles. The van der Waals surface area contributed by atoms with Crippen LogP contribution in [-0.4, -0.2) is 20.2 Å². The molecule has 1 rings (SSSR count). The zero-order valence-electron chi connectivity index (χ0n) is 9.66. The van der Waals surface area contributed by atoms with Gasteiger partial charge in [0.2, 0.25) is 0 Å². The maximum atomic E-state index is 8.37. The first kappa shape index (κ1) is 12.3. The molecule has 3 heteroatoms. The molecule has 0 aliphatic heterocycles. The van der Waals surface area contributed by atoms with Gasteiger partial charge in [-0.15, -0.1) is 0 Å². The lowest BCUT2D eigenvalue weighted by atomic mass is 10.1. The van der Waals surface area contributed by atoms with Crippen molar-refractivity contribution in [1.82, 2.24) is 5.32 Å². The molecule has 3 nitrogen and oxygen atoms in total. The summed E-state index contributed by atoms with van der Waals surface area (Å²) >= 11 is 0. The summed E-state index contributed by atoms with van der Waals surface area (Å²) in [6.45, 7) is 3.05. The molecule has 1 aromatic rings. The highest BCUT2D eigenvalue weighted by Crippen LogP contribution is 2.14. The Kier molecular flexibility index (Phi) is 5.10. The first-order chi connectivity index (χ1) is 7.76. The fourth-order valence-electron chi connectivity index (χ4n) is 1.39. The molecule has 0 heterocycles. The van der Waals surface area contributed by atoms with Crippen molar-refractivity contribution in [2.24, 2.45) is 0 Å². The predicted octanol–water partition coefficient (Wildman–Crippen LogP) is 2.21. The van der Waals surface area contributed by atoms with Gasteiger partial charge in [-0.2, -0.15) is 5.26 Å². The molecule has 0 saturated heterocycles. The van der Waals surface area contributed by atoms with E-state index < -0.39 is 0 Å². The molecule has 0 amide bonds. The Morgan fingerprint density at radius 1 is 1.44 bits per heavy atom. The average Bonchev–Trinajstić information content (AvgIpc) is 2.28. The minimum Gasteiger partial charge on any atom is -0.479 e. The van der Waals surface area contributed by atoms with E-state index in [1.54, 1.807) is 0 Å². The molecule has 1 N–H and O–H groups in total. The van der Waals surface area contributed by atoms with Crippen molar-refractivity contribution < 1.29 is 4.74 Å². The molecule has 0 radical (unpaired) electrons. The fourth-order valence-corrected chi connectivity index (χ4v) is 1.39. The van der Waals surface area contributed by atoms with E-state index in [1.165, 1.54) is 5.57 Å². The normalized spacial score (nSPS) is 10.9. The monoisotopic (exact) mass is 216 g/mol. The summed E-state index contributed by atoms with van der Waals surface area (Å²) < 4.78 is 5.17. The maximum Gasteiger partial charge on any atom is 0.174 e. The van der Waals surface area contributed by atoms with Crippen molar-refractivity contribution in [3.05, 3.63) is 35.4 Å². The molecule has 0 unspecified atom stereocenters. The fraction of sp³-hybridized carbons (Fsp3) is 0.308. The average molecular weight is 216 g/mol. The molecule has 0 aliphatic carbocycles. The van der Waals surface area contributed by atoms with Gasteiger partial charge < -0.3 is 10.1 Å². The Morgan fingerprint density at radius 2 is 2.12 bits per heavy atom. The summed E-state index contributed by atoms with van der Waals surface area (Å²) in [7, 11) is 1.93. The number of hydrogen-bond acceptors (Lipinski definition) is 3. The van der Waals surface area contributed by atoms with Crippen LogP contribution in [0.5, 0.6) is 5.75 Å². The Labute approximate surface area is 96.4 Å². The maximum absolute atomic E-state index is 8.37. The summed E-state index contributed by atoms with van der Waals surface area (Å²) in [6, 6.07) is 9.64. The molecular weight excluding hydrogens is 200 g/mol. The number of hydrogen-bond donors (Lipinski definition) is 1. The van der Waals surface area contributed by atoms with Crippen LogP contribution in [0, 0.1) is 11.3 Å². The molecule has 84 valence electrons. The number of nitriles is 1. The third kappa shape index (κ3) is 4.16. The van der Waals surface area contributed by atoms with Crippen LogP contribution in [0.1, 0.15) is 12.5 Å². The molecule has 0 fully saturated rings. The molecule has 0 saturated carbocycles. The number of ether oxygens (including phenoxy) is 1. The Morgan fingerprint density at radius 3 is 2.69 bits per heavy atom. The highest BCUT2D eigenvalue weighted by molar-refractivity contribution is 5.53. The smallest absolute Gasteiger partial charge is 0.174 e. The predicted molar refractivity (Wildman–Crippen MR) is 65.1 cm³/mol. The van der Waals surface area contributed by atoms with E-state index in [1.807, 2.05) is 37.4 Å². The third-order valence-electron chi connectivity index (χ3n) is 2.05. The van der Waals surface area contributed by atoms with Gasteiger partial charge in [0.05, 0.1) is 0 Å². The van der Waals surface area contributed by atoms with Gasteiger partial charge in [-0.3, -0.25) is 0 Å². The quantitative estimate of drug-likeness (QED) is 0.820. The van der Waals surface area contributed by atoms with Crippen molar-refractivity contribution in [3.8, 4) is 11.8 Å². The van der Waals surface area contributed by atoms with Crippen molar-refractivity contribution >= 4 is 6.08 Å². The molecule has 0 bridgehead atoms. The first-order valence-electron chi connectivity index (χ1n) is 5.18. The number of rotatable bonds is 5. The topological polar surface area (TPSA) is 45.0 Å². The molecule has 1 aromatic carbocycles. The molecular formula is C13H16N2O. The Bertz CT molecular complexity index is 387. The van der Waals surface area contributed by atoms with Gasteiger partial charge in [0.1, 0.15) is 11.8 Å².